The van der Waals surface area contributed by atoms with E-state index in [0.717, 1.165) is 13.0 Å². The Bertz CT molecular complexity index is 513. The molecule has 1 atom stereocenters. The zero-order chi connectivity index (χ0) is 15.2. The maximum atomic E-state index is 13.6. The van der Waals surface area contributed by atoms with Gasteiger partial charge in [-0.15, -0.1) is 0 Å². The Morgan fingerprint density at radius 1 is 1.29 bits per heavy atom. The van der Waals surface area contributed by atoms with Gasteiger partial charge in [0.1, 0.15) is 5.82 Å². The third-order valence-corrected chi connectivity index (χ3v) is 3.54. The van der Waals surface area contributed by atoms with Crippen molar-refractivity contribution >= 4 is 11.8 Å². The van der Waals surface area contributed by atoms with Crippen molar-refractivity contribution in [2.24, 2.45) is 0 Å². The van der Waals surface area contributed by atoms with Crippen LogP contribution in [0.5, 0.6) is 0 Å². The van der Waals surface area contributed by atoms with Crippen molar-refractivity contribution in [1.29, 1.82) is 0 Å². The fraction of sp³-hybridized carbons (Fsp3) is 0.467. The fourth-order valence-corrected chi connectivity index (χ4v) is 2.35. The summed E-state index contributed by atoms with van der Waals surface area (Å²) in [6, 6.07) is 5.67. The van der Waals surface area contributed by atoms with Crippen LogP contribution in [0, 0.1) is 5.82 Å². The summed E-state index contributed by atoms with van der Waals surface area (Å²) in [7, 11) is 0. The molecule has 2 rings (SSSR count). The maximum absolute atomic E-state index is 13.6. The lowest BCUT2D eigenvalue weighted by Gasteiger charge is -2.21. The van der Waals surface area contributed by atoms with Crippen LogP contribution in [0.2, 0.25) is 0 Å². The standard InChI is InChI=1S/C15H20FN3O2/c1-11(12-5-2-3-6-13(12)16)18-14(20)15(21)19-9-4-7-17-8-10-19/h2-3,5-6,11,17H,4,7-10H2,1H3,(H,18,20). The maximum Gasteiger partial charge on any atom is 0.311 e. The van der Waals surface area contributed by atoms with Crippen LogP contribution in [0.25, 0.3) is 0 Å². The van der Waals surface area contributed by atoms with Crippen LogP contribution in [-0.2, 0) is 9.59 Å². The van der Waals surface area contributed by atoms with Crippen molar-refractivity contribution in [3.63, 3.8) is 0 Å². The summed E-state index contributed by atoms with van der Waals surface area (Å²) in [4.78, 5) is 25.6. The van der Waals surface area contributed by atoms with Gasteiger partial charge >= 0.3 is 11.8 Å². The van der Waals surface area contributed by atoms with Crippen LogP contribution in [0.3, 0.4) is 0 Å². The van der Waals surface area contributed by atoms with E-state index in [1.807, 2.05) is 0 Å². The summed E-state index contributed by atoms with van der Waals surface area (Å²) in [5.41, 5.74) is 0.371. The topological polar surface area (TPSA) is 61.4 Å². The Morgan fingerprint density at radius 3 is 2.81 bits per heavy atom. The van der Waals surface area contributed by atoms with E-state index >= 15 is 0 Å². The van der Waals surface area contributed by atoms with E-state index in [-0.39, 0.29) is 0 Å². The normalized spacial score (nSPS) is 17.0. The Morgan fingerprint density at radius 2 is 2.05 bits per heavy atom. The molecule has 2 N–H and O–H groups in total. The lowest BCUT2D eigenvalue weighted by atomic mass is 10.1. The predicted molar refractivity (Wildman–Crippen MR) is 77.0 cm³/mol. The molecule has 21 heavy (non-hydrogen) atoms. The van der Waals surface area contributed by atoms with Crippen molar-refractivity contribution in [2.45, 2.75) is 19.4 Å². The van der Waals surface area contributed by atoms with E-state index in [2.05, 4.69) is 10.6 Å². The number of hydrogen-bond acceptors (Lipinski definition) is 3. The highest BCUT2D eigenvalue weighted by Gasteiger charge is 2.24. The van der Waals surface area contributed by atoms with Gasteiger partial charge in [-0.1, -0.05) is 18.2 Å². The molecular weight excluding hydrogens is 273 g/mol. The zero-order valence-corrected chi connectivity index (χ0v) is 12.1. The summed E-state index contributed by atoms with van der Waals surface area (Å²) in [6.45, 7) is 4.26. The van der Waals surface area contributed by atoms with E-state index in [1.54, 1.807) is 25.1 Å². The number of nitrogens with one attached hydrogen (secondary N) is 2. The molecule has 6 heteroatoms. The van der Waals surface area contributed by atoms with Gasteiger partial charge in [-0.25, -0.2) is 4.39 Å². The first-order chi connectivity index (χ1) is 10.1. The number of hydrogen-bond donors (Lipinski definition) is 2. The third-order valence-electron chi connectivity index (χ3n) is 3.54. The first-order valence-electron chi connectivity index (χ1n) is 7.14. The van der Waals surface area contributed by atoms with Gasteiger partial charge in [-0.2, -0.15) is 0 Å². The highest BCUT2D eigenvalue weighted by molar-refractivity contribution is 6.35. The minimum atomic E-state index is -0.687. The lowest BCUT2D eigenvalue weighted by molar-refractivity contribution is -0.146. The highest BCUT2D eigenvalue weighted by atomic mass is 19.1. The number of amides is 2. The molecular formula is C15H20FN3O2. The van der Waals surface area contributed by atoms with Crippen LogP contribution in [-0.4, -0.2) is 42.9 Å². The second kappa shape index (κ2) is 7.17. The summed E-state index contributed by atoms with van der Waals surface area (Å²) >= 11 is 0. The summed E-state index contributed by atoms with van der Waals surface area (Å²) < 4.78 is 13.6. The van der Waals surface area contributed by atoms with Crippen molar-refractivity contribution < 1.29 is 14.0 Å². The summed E-state index contributed by atoms with van der Waals surface area (Å²) in [5.74, 6) is -1.63. The molecule has 0 bridgehead atoms. The molecule has 1 saturated heterocycles. The van der Waals surface area contributed by atoms with E-state index < -0.39 is 23.7 Å². The van der Waals surface area contributed by atoms with E-state index in [1.165, 1.54) is 11.0 Å². The summed E-state index contributed by atoms with van der Waals surface area (Å²) in [5, 5.41) is 5.73. The predicted octanol–water partition coefficient (Wildman–Crippen LogP) is 0.825. The van der Waals surface area contributed by atoms with E-state index in [0.29, 0.717) is 25.2 Å². The molecule has 0 aliphatic carbocycles. The molecule has 1 aliphatic rings. The second-order valence-corrected chi connectivity index (χ2v) is 5.11. The van der Waals surface area contributed by atoms with Crippen LogP contribution in [0.1, 0.15) is 24.9 Å². The number of carbonyl (C=O) groups is 2. The molecule has 0 radical (unpaired) electrons. The van der Waals surface area contributed by atoms with Gasteiger partial charge in [0.25, 0.3) is 0 Å². The first-order valence-corrected chi connectivity index (χ1v) is 7.14. The SMILES string of the molecule is CC(NC(=O)C(=O)N1CCCNCC1)c1ccccc1F. The highest BCUT2D eigenvalue weighted by Crippen LogP contribution is 2.15. The molecule has 1 aliphatic heterocycles. The molecule has 0 aromatic heterocycles. The van der Waals surface area contributed by atoms with Gasteiger partial charge in [0.15, 0.2) is 0 Å². The third kappa shape index (κ3) is 4.01. The van der Waals surface area contributed by atoms with Crippen LogP contribution in [0.4, 0.5) is 4.39 Å². The largest absolute Gasteiger partial charge is 0.341 e. The van der Waals surface area contributed by atoms with Crippen molar-refractivity contribution in [3.8, 4) is 0 Å². The monoisotopic (exact) mass is 293 g/mol. The minimum absolute atomic E-state index is 0.371. The number of carbonyl (C=O) groups excluding carboxylic acids is 2. The second-order valence-electron chi connectivity index (χ2n) is 5.11. The van der Waals surface area contributed by atoms with Crippen molar-refractivity contribution in [3.05, 3.63) is 35.6 Å². The van der Waals surface area contributed by atoms with Gasteiger partial charge in [0.2, 0.25) is 0 Å². The van der Waals surface area contributed by atoms with Gasteiger partial charge in [-0.05, 0) is 26.0 Å². The molecule has 1 fully saturated rings. The molecule has 2 amide bonds. The molecule has 114 valence electrons. The average Bonchev–Trinajstić information content (AvgIpc) is 2.75. The van der Waals surface area contributed by atoms with Gasteiger partial charge < -0.3 is 15.5 Å². The quantitative estimate of drug-likeness (QED) is 0.794. The molecule has 1 unspecified atom stereocenters. The van der Waals surface area contributed by atoms with Crippen molar-refractivity contribution in [2.75, 3.05) is 26.2 Å². The van der Waals surface area contributed by atoms with Crippen LogP contribution in [0.15, 0.2) is 24.3 Å². The molecule has 1 aromatic carbocycles. The average molecular weight is 293 g/mol. The van der Waals surface area contributed by atoms with Gasteiger partial charge in [0.05, 0.1) is 6.04 Å². The number of nitrogens with zero attached hydrogens (tertiary/aromatic N) is 1. The summed E-state index contributed by atoms with van der Waals surface area (Å²) in [6.07, 6.45) is 0.821. The molecule has 1 heterocycles. The minimum Gasteiger partial charge on any atom is -0.341 e. The van der Waals surface area contributed by atoms with Gasteiger partial charge in [0, 0.05) is 25.2 Å². The Balaban J connectivity index is 1.97. The van der Waals surface area contributed by atoms with Crippen LogP contribution >= 0.6 is 0 Å². The molecule has 0 saturated carbocycles. The van der Waals surface area contributed by atoms with E-state index in [9.17, 15) is 14.0 Å². The fourth-order valence-electron chi connectivity index (χ4n) is 2.35. The van der Waals surface area contributed by atoms with Crippen molar-refractivity contribution in [1.82, 2.24) is 15.5 Å². The number of halogens is 1. The lowest BCUT2D eigenvalue weighted by Crippen LogP contribution is -2.45. The zero-order valence-electron chi connectivity index (χ0n) is 12.1. The Labute approximate surface area is 123 Å². The van der Waals surface area contributed by atoms with Gasteiger partial charge in [-0.3, -0.25) is 9.59 Å². The molecule has 5 nitrogen and oxygen atoms in total. The molecule has 0 spiro atoms. The smallest absolute Gasteiger partial charge is 0.311 e. The molecule has 1 aromatic rings. The van der Waals surface area contributed by atoms with E-state index in [4.69, 9.17) is 0 Å². The number of rotatable bonds is 2. The first kappa shape index (κ1) is 15.4. The Hall–Kier alpha value is -1.95. The van der Waals surface area contributed by atoms with Crippen LogP contribution < -0.4 is 10.6 Å². The number of benzene rings is 1. The Kier molecular flexibility index (Phi) is 5.27.